The van der Waals surface area contributed by atoms with Gasteiger partial charge in [-0.25, -0.2) is 9.78 Å². The minimum atomic E-state index is -4.47. The van der Waals surface area contributed by atoms with Gasteiger partial charge in [0.05, 0.1) is 5.56 Å². The third-order valence-corrected chi connectivity index (χ3v) is 6.06. The molecule has 1 aliphatic heterocycles. The van der Waals surface area contributed by atoms with Crippen molar-refractivity contribution in [3.8, 4) is 0 Å². The van der Waals surface area contributed by atoms with Crippen LogP contribution in [0.2, 0.25) is 0 Å². The maximum absolute atomic E-state index is 12.6. The molecule has 6 nitrogen and oxygen atoms in total. The number of carbonyl (C=O) groups excluding carboxylic acids is 1. The van der Waals surface area contributed by atoms with Crippen molar-refractivity contribution in [2.24, 2.45) is 22.6 Å². The standard InChI is InChI=1S/C21H30F3N5O/c22-21(23,24)17-8-9-18(26-13-17)27-20(30)28-19(25)16-7-4-11-29(14-16)12-10-15-5-2-1-3-6-15/h8-9,13,15-16H,1-7,10-12,14H2,(H3,25,26,27,28,30). The number of likely N-dealkylation sites (tertiary alicyclic amines) is 1. The lowest BCUT2D eigenvalue weighted by Crippen LogP contribution is -2.42. The fourth-order valence-electron chi connectivity index (χ4n) is 4.32. The summed E-state index contributed by atoms with van der Waals surface area (Å²) in [5, 5.41) is 2.37. The minimum Gasteiger partial charge on any atom is -0.387 e. The second kappa shape index (κ2) is 10.2. The van der Waals surface area contributed by atoms with Crippen molar-refractivity contribution < 1.29 is 18.0 Å². The highest BCUT2D eigenvalue weighted by atomic mass is 19.4. The third-order valence-electron chi connectivity index (χ3n) is 6.06. The lowest BCUT2D eigenvalue weighted by molar-refractivity contribution is -0.137. The van der Waals surface area contributed by atoms with Gasteiger partial charge in [-0.15, -0.1) is 0 Å². The van der Waals surface area contributed by atoms with Crippen molar-refractivity contribution in [3.05, 3.63) is 23.9 Å². The third kappa shape index (κ3) is 6.68. The fourth-order valence-corrected chi connectivity index (χ4v) is 4.32. The van der Waals surface area contributed by atoms with Crippen LogP contribution in [-0.4, -0.2) is 41.4 Å². The van der Waals surface area contributed by atoms with Gasteiger partial charge < -0.3 is 10.6 Å². The van der Waals surface area contributed by atoms with Crippen LogP contribution in [0.3, 0.4) is 0 Å². The Hall–Kier alpha value is -2.16. The van der Waals surface area contributed by atoms with Crippen molar-refractivity contribution in [1.29, 1.82) is 0 Å². The summed E-state index contributed by atoms with van der Waals surface area (Å²) < 4.78 is 37.7. The number of amidine groups is 1. The molecule has 1 atom stereocenters. The van der Waals surface area contributed by atoms with Gasteiger partial charge >= 0.3 is 12.2 Å². The van der Waals surface area contributed by atoms with Crippen LogP contribution < -0.4 is 11.1 Å². The molecule has 1 saturated heterocycles. The van der Waals surface area contributed by atoms with Gasteiger partial charge in [0.25, 0.3) is 0 Å². The highest BCUT2D eigenvalue weighted by Crippen LogP contribution is 2.29. The molecule has 30 heavy (non-hydrogen) atoms. The Morgan fingerprint density at radius 1 is 1.20 bits per heavy atom. The summed E-state index contributed by atoms with van der Waals surface area (Å²) in [5.41, 5.74) is 5.20. The highest BCUT2D eigenvalue weighted by Gasteiger charge is 2.30. The van der Waals surface area contributed by atoms with E-state index >= 15 is 0 Å². The van der Waals surface area contributed by atoms with E-state index in [0.29, 0.717) is 6.20 Å². The number of piperidine rings is 1. The van der Waals surface area contributed by atoms with E-state index in [9.17, 15) is 18.0 Å². The number of rotatable bonds is 5. The molecule has 1 aromatic rings. The predicted octanol–water partition coefficient (Wildman–Crippen LogP) is 4.67. The van der Waals surface area contributed by atoms with Gasteiger partial charge in [-0.2, -0.15) is 18.2 Å². The molecule has 0 aromatic carbocycles. The number of hydrogen-bond acceptors (Lipinski definition) is 3. The van der Waals surface area contributed by atoms with Crippen LogP contribution in [0.5, 0.6) is 0 Å². The van der Waals surface area contributed by atoms with Gasteiger partial charge in [-0.1, -0.05) is 32.1 Å². The Balaban J connectivity index is 1.49. The number of nitrogens with two attached hydrogens (primary N) is 1. The van der Waals surface area contributed by atoms with E-state index < -0.39 is 17.8 Å². The van der Waals surface area contributed by atoms with Gasteiger partial charge in [-0.05, 0) is 50.4 Å². The van der Waals surface area contributed by atoms with Crippen LogP contribution in [0.15, 0.2) is 23.3 Å². The quantitative estimate of drug-likeness (QED) is 0.530. The number of aliphatic imine (C=N–C) groups is 1. The van der Waals surface area contributed by atoms with Gasteiger partial charge in [0.1, 0.15) is 11.7 Å². The van der Waals surface area contributed by atoms with E-state index in [2.05, 4.69) is 20.2 Å². The molecule has 3 N–H and O–H groups in total. The maximum atomic E-state index is 12.6. The van der Waals surface area contributed by atoms with Crippen LogP contribution in [0.1, 0.15) is 56.9 Å². The van der Waals surface area contributed by atoms with E-state index in [1.54, 1.807) is 0 Å². The van der Waals surface area contributed by atoms with Gasteiger partial charge in [0.15, 0.2) is 0 Å². The summed E-state index contributed by atoms with van der Waals surface area (Å²) in [5.74, 6) is 1.10. The lowest BCUT2D eigenvalue weighted by atomic mass is 9.86. The number of alkyl halides is 3. The topological polar surface area (TPSA) is 83.6 Å². The Morgan fingerprint density at radius 2 is 1.97 bits per heavy atom. The zero-order valence-corrected chi connectivity index (χ0v) is 17.1. The molecule has 3 rings (SSSR count). The molecule has 1 saturated carbocycles. The van der Waals surface area contributed by atoms with E-state index in [-0.39, 0.29) is 17.6 Å². The molecule has 2 amide bonds. The molecule has 1 unspecified atom stereocenters. The Bertz CT molecular complexity index is 729. The van der Waals surface area contributed by atoms with Gasteiger partial charge in [0, 0.05) is 18.7 Å². The largest absolute Gasteiger partial charge is 0.417 e. The molecule has 0 bridgehead atoms. The number of nitrogens with one attached hydrogen (secondary N) is 1. The van der Waals surface area contributed by atoms with Crippen LogP contribution in [0.4, 0.5) is 23.8 Å². The molecule has 2 aliphatic rings. The Kier molecular flexibility index (Phi) is 7.69. The Labute approximate surface area is 175 Å². The lowest BCUT2D eigenvalue weighted by Gasteiger charge is -2.33. The molecule has 0 radical (unpaired) electrons. The first-order chi connectivity index (χ1) is 14.3. The van der Waals surface area contributed by atoms with Crippen molar-refractivity contribution >= 4 is 17.7 Å². The summed E-state index contributed by atoms with van der Waals surface area (Å²) in [6.07, 6.45) is 6.01. The van der Waals surface area contributed by atoms with E-state index in [1.807, 2.05) is 0 Å². The number of aromatic nitrogens is 1. The number of amides is 2. The molecule has 1 aliphatic carbocycles. The van der Waals surface area contributed by atoms with E-state index in [0.717, 1.165) is 50.5 Å². The monoisotopic (exact) mass is 425 g/mol. The van der Waals surface area contributed by atoms with Gasteiger partial charge in [-0.3, -0.25) is 5.32 Å². The number of urea groups is 1. The predicted molar refractivity (Wildman–Crippen MR) is 110 cm³/mol. The summed E-state index contributed by atoms with van der Waals surface area (Å²) in [7, 11) is 0. The fraction of sp³-hybridized carbons (Fsp3) is 0.667. The molecule has 166 valence electrons. The zero-order valence-electron chi connectivity index (χ0n) is 17.1. The number of pyridine rings is 1. The summed E-state index contributed by atoms with van der Waals surface area (Å²) in [6, 6.07) is 1.24. The summed E-state index contributed by atoms with van der Waals surface area (Å²) in [6.45, 7) is 2.88. The van der Waals surface area contributed by atoms with Crippen LogP contribution >= 0.6 is 0 Å². The van der Waals surface area contributed by atoms with Crippen molar-refractivity contribution in [2.45, 2.75) is 57.5 Å². The average Bonchev–Trinajstić information content (AvgIpc) is 2.73. The van der Waals surface area contributed by atoms with Crippen LogP contribution in [0, 0.1) is 11.8 Å². The van der Waals surface area contributed by atoms with Crippen molar-refractivity contribution in [3.63, 3.8) is 0 Å². The van der Waals surface area contributed by atoms with E-state index in [1.165, 1.54) is 38.5 Å². The molecular weight excluding hydrogens is 395 g/mol. The molecule has 2 fully saturated rings. The highest BCUT2D eigenvalue weighted by molar-refractivity contribution is 5.99. The average molecular weight is 425 g/mol. The SMILES string of the molecule is N/C(=N\C(=O)Nc1ccc(C(F)(F)F)cn1)C1CCCN(CCC2CCCCC2)C1. The number of halogens is 3. The number of nitrogens with zero attached hydrogens (tertiary/aromatic N) is 3. The summed E-state index contributed by atoms with van der Waals surface area (Å²) >= 11 is 0. The zero-order chi connectivity index (χ0) is 21.6. The minimum absolute atomic E-state index is 0.00213. The molecule has 2 heterocycles. The number of carbonyl (C=O) groups is 1. The summed E-state index contributed by atoms with van der Waals surface area (Å²) in [4.78, 5) is 22.0. The molecular formula is C21H30F3N5O. The normalized spacial score (nSPS) is 22.1. The van der Waals surface area contributed by atoms with E-state index in [4.69, 9.17) is 5.73 Å². The first-order valence-corrected chi connectivity index (χ1v) is 10.7. The first kappa shape index (κ1) is 22.5. The van der Waals surface area contributed by atoms with Crippen LogP contribution in [-0.2, 0) is 6.18 Å². The smallest absolute Gasteiger partial charge is 0.387 e. The van der Waals surface area contributed by atoms with Crippen molar-refractivity contribution in [1.82, 2.24) is 9.88 Å². The van der Waals surface area contributed by atoms with Crippen molar-refractivity contribution in [2.75, 3.05) is 25.0 Å². The number of hydrogen-bond donors (Lipinski definition) is 2. The Morgan fingerprint density at radius 3 is 2.63 bits per heavy atom. The van der Waals surface area contributed by atoms with Gasteiger partial charge in [0.2, 0.25) is 0 Å². The molecule has 1 aromatic heterocycles. The second-order valence-corrected chi connectivity index (χ2v) is 8.33. The molecule has 0 spiro atoms. The first-order valence-electron chi connectivity index (χ1n) is 10.7. The number of anilines is 1. The second-order valence-electron chi connectivity index (χ2n) is 8.33. The van der Waals surface area contributed by atoms with Crippen LogP contribution in [0.25, 0.3) is 0 Å². The maximum Gasteiger partial charge on any atom is 0.417 e. The molecule has 9 heteroatoms.